The maximum Gasteiger partial charge on any atom is 0.162 e. The molecule has 138 valence electrons. The molecule has 4 aromatic rings. The van der Waals surface area contributed by atoms with Crippen LogP contribution in [0.25, 0.3) is 21.0 Å². The average molecular weight is 380 g/mol. The van der Waals surface area contributed by atoms with Crippen LogP contribution in [-0.4, -0.2) is 29.2 Å². The molecule has 6 nitrogen and oxygen atoms in total. The summed E-state index contributed by atoms with van der Waals surface area (Å²) in [5.41, 5.74) is 1.80. The zero-order chi connectivity index (χ0) is 19.0. The molecule has 0 amide bonds. The van der Waals surface area contributed by atoms with Gasteiger partial charge in [0.1, 0.15) is 11.6 Å². The summed E-state index contributed by atoms with van der Waals surface area (Å²) in [6, 6.07) is 7.90. The molecule has 1 N–H and O–H groups in total. The van der Waals surface area contributed by atoms with E-state index in [0.717, 1.165) is 27.8 Å². The molecule has 0 fully saturated rings. The maximum atomic E-state index is 5.45. The summed E-state index contributed by atoms with van der Waals surface area (Å²) in [5, 5.41) is 7.64. The fourth-order valence-corrected chi connectivity index (χ4v) is 4.01. The monoisotopic (exact) mass is 380 g/mol. The zero-order valence-electron chi connectivity index (χ0n) is 15.6. The molecular weight excluding hydrogens is 360 g/mol. The maximum absolute atomic E-state index is 5.45. The predicted octanol–water partition coefficient (Wildman–Crippen LogP) is 4.74. The van der Waals surface area contributed by atoms with Crippen LogP contribution in [0.5, 0.6) is 11.5 Å². The minimum absolute atomic E-state index is 0.0195. The van der Waals surface area contributed by atoms with Gasteiger partial charge in [-0.3, -0.25) is 4.98 Å². The summed E-state index contributed by atoms with van der Waals surface area (Å²) in [6.07, 6.45) is 1.85. The van der Waals surface area contributed by atoms with Gasteiger partial charge < -0.3 is 14.8 Å². The molecule has 0 radical (unpaired) electrons. The van der Waals surface area contributed by atoms with Crippen molar-refractivity contribution >= 4 is 38.1 Å². The van der Waals surface area contributed by atoms with Crippen LogP contribution in [0.15, 0.2) is 35.8 Å². The molecule has 1 unspecified atom stereocenters. The Kier molecular flexibility index (Phi) is 4.53. The van der Waals surface area contributed by atoms with E-state index in [0.29, 0.717) is 17.3 Å². The van der Waals surface area contributed by atoms with Crippen molar-refractivity contribution in [2.24, 2.45) is 0 Å². The number of aromatic nitrogens is 3. The third-order valence-corrected chi connectivity index (χ3v) is 5.37. The summed E-state index contributed by atoms with van der Waals surface area (Å²) in [4.78, 5) is 13.8. The lowest BCUT2D eigenvalue weighted by molar-refractivity contribution is 0.356. The molecule has 3 heterocycles. The second-order valence-electron chi connectivity index (χ2n) is 6.24. The lowest BCUT2D eigenvalue weighted by atomic mass is 10.1. The number of ether oxygens (including phenoxy) is 2. The summed E-state index contributed by atoms with van der Waals surface area (Å²) in [6.45, 7) is 3.97. The smallest absolute Gasteiger partial charge is 0.162 e. The minimum Gasteiger partial charge on any atom is -0.493 e. The molecule has 0 aliphatic carbocycles. The number of hydrogen-bond donors (Lipinski definition) is 1. The molecule has 0 aliphatic rings. The first-order chi connectivity index (χ1) is 13.1. The van der Waals surface area contributed by atoms with Gasteiger partial charge in [0.2, 0.25) is 0 Å². The van der Waals surface area contributed by atoms with Gasteiger partial charge in [-0.05, 0) is 37.4 Å². The number of nitrogens with zero attached hydrogens (tertiary/aromatic N) is 3. The number of pyridine rings is 1. The highest BCUT2D eigenvalue weighted by Crippen LogP contribution is 2.35. The summed E-state index contributed by atoms with van der Waals surface area (Å²) >= 11 is 1.72. The van der Waals surface area contributed by atoms with Gasteiger partial charge in [-0.15, -0.1) is 11.3 Å². The Hall–Kier alpha value is -2.93. The Bertz CT molecular complexity index is 1130. The fraction of sp³-hybridized carbons (Fsp3) is 0.250. The number of hydrogen-bond acceptors (Lipinski definition) is 7. The average Bonchev–Trinajstić information content (AvgIpc) is 3.15. The molecule has 1 aromatic carbocycles. The highest BCUT2D eigenvalue weighted by Gasteiger charge is 2.16. The number of aryl methyl sites for hydroxylation is 1. The fourth-order valence-electron chi connectivity index (χ4n) is 3.22. The highest BCUT2D eigenvalue weighted by molar-refractivity contribution is 7.17. The van der Waals surface area contributed by atoms with Gasteiger partial charge in [0.05, 0.1) is 31.5 Å². The number of nitrogens with one attached hydrogen (secondary N) is 1. The number of anilines is 1. The van der Waals surface area contributed by atoms with E-state index in [9.17, 15) is 0 Å². The number of methoxy groups -OCH3 is 2. The van der Waals surface area contributed by atoms with Crippen molar-refractivity contribution in [3.63, 3.8) is 0 Å². The van der Waals surface area contributed by atoms with Crippen LogP contribution < -0.4 is 14.8 Å². The quantitative estimate of drug-likeness (QED) is 0.539. The van der Waals surface area contributed by atoms with E-state index in [1.165, 1.54) is 4.70 Å². The molecule has 1 atom stereocenters. The number of rotatable bonds is 5. The molecule has 7 heteroatoms. The lowest BCUT2D eigenvalue weighted by Gasteiger charge is -2.18. The molecule has 27 heavy (non-hydrogen) atoms. The molecule has 0 saturated heterocycles. The van der Waals surface area contributed by atoms with E-state index in [1.54, 1.807) is 25.6 Å². The molecule has 0 saturated carbocycles. The molecule has 4 rings (SSSR count). The molecular formula is C20H20N4O2S. The first kappa shape index (κ1) is 17.5. The van der Waals surface area contributed by atoms with Crippen LogP contribution in [0.1, 0.15) is 24.5 Å². The van der Waals surface area contributed by atoms with Crippen LogP contribution >= 0.6 is 11.3 Å². The number of thiophene rings is 1. The van der Waals surface area contributed by atoms with Crippen molar-refractivity contribution in [1.82, 2.24) is 15.0 Å². The van der Waals surface area contributed by atoms with Gasteiger partial charge in [-0.2, -0.15) is 0 Å². The second-order valence-corrected chi connectivity index (χ2v) is 7.19. The number of benzene rings is 1. The van der Waals surface area contributed by atoms with Crippen LogP contribution in [-0.2, 0) is 0 Å². The molecule has 3 aromatic heterocycles. The Balaban J connectivity index is 1.80. The van der Waals surface area contributed by atoms with Gasteiger partial charge >= 0.3 is 0 Å². The number of fused-ring (bicyclic) bond motifs is 2. The largest absolute Gasteiger partial charge is 0.493 e. The van der Waals surface area contributed by atoms with E-state index in [-0.39, 0.29) is 6.04 Å². The van der Waals surface area contributed by atoms with Gasteiger partial charge in [-0.25, -0.2) is 9.97 Å². The van der Waals surface area contributed by atoms with Crippen molar-refractivity contribution in [1.29, 1.82) is 0 Å². The summed E-state index contributed by atoms with van der Waals surface area (Å²) in [5.74, 6) is 2.73. The first-order valence-electron chi connectivity index (χ1n) is 8.59. The van der Waals surface area contributed by atoms with Crippen LogP contribution in [0.2, 0.25) is 0 Å². The third kappa shape index (κ3) is 3.14. The van der Waals surface area contributed by atoms with Crippen molar-refractivity contribution in [2.45, 2.75) is 19.9 Å². The van der Waals surface area contributed by atoms with Gasteiger partial charge in [0, 0.05) is 27.7 Å². The van der Waals surface area contributed by atoms with Crippen LogP contribution in [0.4, 0.5) is 5.82 Å². The topological polar surface area (TPSA) is 69.2 Å². The minimum atomic E-state index is -0.0195. The third-order valence-electron chi connectivity index (χ3n) is 4.49. The van der Waals surface area contributed by atoms with E-state index in [1.807, 2.05) is 31.3 Å². The second kappa shape index (κ2) is 7.00. The Morgan fingerprint density at radius 1 is 1.04 bits per heavy atom. The first-order valence-corrected chi connectivity index (χ1v) is 9.47. The van der Waals surface area contributed by atoms with Crippen molar-refractivity contribution in [2.75, 3.05) is 19.5 Å². The van der Waals surface area contributed by atoms with Crippen LogP contribution in [0, 0.1) is 6.92 Å². The van der Waals surface area contributed by atoms with E-state index in [2.05, 4.69) is 38.6 Å². The Morgan fingerprint density at radius 2 is 1.81 bits per heavy atom. The van der Waals surface area contributed by atoms with Gasteiger partial charge in [0.15, 0.2) is 11.5 Å². The van der Waals surface area contributed by atoms with Crippen molar-refractivity contribution < 1.29 is 9.47 Å². The van der Waals surface area contributed by atoms with E-state index < -0.39 is 0 Å². The molecule has 0 aliphatic heterocycles. The van der Waals surface area contributed by atoms with Crippen molar-refractivity contribution in [3.8, 4) is 11.5 Å². The SMILES string of the molecule is COc1cc2nc(C)nc(NC(C)c3nccc4sccc34)c2cc1OC. The Morgan fingerprint density at radius 3 is 2.59 bits per heavy atom. The highest BCUT2D eigenvalue weighted by atomic mass is 32.1. The zero-order valence-corrected chi connectivity index (χ0v) is 16.4. The van der Waals surface area contributed by atoms with Gasteiger partial charge in [0.25, 0.3) is 0 Å². The molecule has 0 bridgehead atoms. The summed E-state index contributed by atoms with van der Waals surface area (Å²) in [7, 11) is 3.24. The Labute approximate surface area is 161 Å². The predicted molar refractivity (Wildman–Crippen MR) is 109 cm³/mol. The molecule has 0 spiro atoms. The van der Waals surface area contributed by atoms with E-state index >= 15 is 0 Å². The van der Waals surface area contributed by atoms with Gasteiger partial charge in [-0.1, -0.05) is 0 Å². The van der Waals surface area contributed by atoms with Crippen molar-refractivity contribution in [3.05, 3.63) is 47.4 Å². The standard InChI is InChI=1S/C20H20N4O2S/c1-11(19-13-6-8-27-18(13)5-7-21-19)22-20-14-9-16(25-3)17(26-4)10-15(14)23-12(2)24-20/h5-11H,1-4H3,(H,22,23,24). The van der Waals surface area contributed by atoms with E-state index in [4.69, 9.17) is 9.47 Å². The normalized spacial score (nSPS) is 12.3. The summed E-state index contributed by atoms with van der Waals surface area (Å²) < 4.78 is 12.1. The van der Waals surface area contributed by atoms with Crippen LogP contribution in [0.3, 0.4) is 0 Å². The lowest BCUT2D eigenvalue weighted by Crippen LogP contribution is -2.11.